The van der Waals surface area contributed by atoms with Crippen LogP contribution in [0.2, 0.25) is 0 Å². The van der Waals surface area contributed by atoms with Crippen molar-refractivity contribution in [3.8, 4) is 0 Å². The third-order valence-electron chi connectivity index (χ3n) is 5.91. The number of benzene rings is 1. The first-order valence-electron chi connectivity index (χ1n) is 10.9. The van der Waals surface area contributed by atoms with E-state index >= 15 is 0 Å². The topological polar surface area (TPSA) is 75.7 Å². The zero-order valence-corrected chi connectivity index (χ0v) is 19.8. The highest BCUT2D eigenvalue weighted by molar-refractivity contribution is 7.99. The number of amides is 1. The Labute approximate surface area is 191 Å². The fourth-order valence-electron chi connectivity index (χ4n) is 4.18. The molecular formula is C23H30N6O2S. The van der Waals surface area contributed by atoms with Gasteiger partial charge in [0.05, 0.1) is 16.7 Å². The quantitative estimate of drug-likeness (QED) is 0.436. The maximum absolute atomic E-state index is 13.0. The average molecular weight is 455 g/mol. The number of thioether (sulfide) groups is 1. The molecule has 0 saturated carbocycles. The minimum Gasteiger partial charge on any atom is -0.341 e. The van der Waals surface area contributed by atoms with Gasteiger partial charge in [-0.1, -0.05) is 30.0 Å². The lowest BCUT2D eigenvalue weighted by atomic mass is 10.1. The molecule has 2 aromatic heterocycles. The second-order valence-corrected chi connectivity index (χ2v) is 9.96. The number of allylic oxidation sites excluding steroid dienone is 1. The van der Waals surface area contributed by atoms with Gasteiger partial charge in [-0.3, -0.25) is 23.5 Å². The largest absolute Gasteiger partial charge is 0.341 e. The molecular weight excluding hydrogens is 424 g/mol. The molecule has 9 heteroatoms. The van der Waals surface area contributed by atoms with Crippen LogP contribution in [0.4, 0.5) is 0 Å². The zero-order chi connectivity index (χ0) is 22.9. The van der Waals surface area contributed by atoms with Crippen LogP contribution in [0, 0.1) is 0 Å². The predicted molar refractivity (Wildman–Crippen MR) is 128 cm³/mol. The third-order valence-corrected chi connectivity index (χ3v) is 6.83. The maximum atomic E-state index is 13.0. The second kappa shape index (κ2) is 9.07. The number of hydrogen-bond acceptors (Lipinski definition) is 6. The first-order chi connectivity index (χ1) is 15.3. The van der Waals surface area contributed by atoms with Gasteiger partial charge in [0.2, 0.25) is 11.7 Å². The van der Waals surface area contributed by atoms with Gasteiger partial charge >= 0.3 is 0 Å². The highest BCUT2D eigenvalue weighted by atomic mass is 32.2. The summed E-state index contributed by atoms with van der Waals surface area (Å²) in [4.78, 5) is 30.3. The van der Waals surface area contributed by atoms with Gasteiger partial charge in [0.25, 0.3) is 5.56 Å². The Kier molecular flexibility index (Phi) is 6.39. The van der Waals surface area contributed by atoms with Gasteiger partial charge in [-0.15, -0.1) is 16.8 Å². The lowest BCUT2D eigenvalue weighted by Gasteiger charge is -2.34. The summed E-state index contributed by atoms with van der Waals surface area (Å²) in [5, 5.41) is 9.77. The average Bonchev–Trinajstić information content (AvgIpc) is 3.01. The zero-order valence-electron chi connectivity index (χ0n) is 19.0. The first-order valence-corrected chi connectivity index (χ1v) is 11.9. The molecule has 170 valence electrons. The molecule has 3 aromatic rings. The molecule has 1 aliphatic rings. The molecule has 1 saturated heterocycles. The summed E-state index contributed by atoms with van der Waals surface area (Å²) < 4.78 is 3.42. The number of carbonyl (C=O) groups excluding carboxylic acids is 1. The molecule has 0 unspecified atom stereocenters. The normalized spacial score (nSPS) is 15.9. The number of aromatic nitrogens is 4. The van der Waals surface area contributed by atoms with Crippen LogP contribution >= 0.6 is 11.8 Å². The van der Waals surface area contributed by atoms with E-state index in [0.717, 1.165) is 38.1 Å². The Morgan fingerprint density at radius 2 is 1.94 bits per heavy atom. The lowest BCUT2D eigenvalue weighted by Crippen LogP contribution is -2.44. The smallest absolute Gasteiger partial charge is 0.263 e. The van der Waals surface area contributed by atoms with E-state index in [4.69, 9.17) is 0 Å². The van der Waals surface area contributed by atoms with Crippen molar-refractivity contribution < 1.29 is 4.79 Å². The summed E-state index contributed by atoms with van der Waals surface area (Å²) in [6.45, 7) is 14.1. The number of hydrogen-bond donors (Lipinski definition) is 0. The van der Waals surface area contributed by atoms with E-state index in [2.05, 4.69) is 42.4 Å². The summed E-state index contributed by atoms with van der Waals surface area (Å²) in [6.07, 6.45) is 2.64. The monoisotopic (exact) mass is 454 g/mol. The van der Waals surface area contributed by atoms with Crippen molar-refractivity contribution in [2.45, 2.75) is 44.4 Å². The Balaban J connectivity index is 1.57. The van der Waals surface area contributed by atoms with Crippen LogP contribution in [0.1, 0.15) is 27.2 Å². The predicted octanol–water partition coefficient (Wildman–Crippen LogP) is 2.66. The highest BCUT2D eigenvalue weighted by Gasteiger charge is 2.26. The Hall–Kier alpha value is -2.65. The van der Waals surface area contributed by atoms with Crippen molar-refractivity contribution in [1.29, 1.82) is 0 Å². The van der Waals surface area contributed by atoms with Gasteiger partial charge in [-0.05, 0) is 39.3 Å². The Bertz CT molecular complexity index is 1210. The number of fused-ring (bicyclic) bond motifs is 3. The molecule has 8 nitrogen and oxygen atoms in total. The van der Waals surface area contributed by atoms with E-state index in [9.17, 15) is 9.59 Å². The van der Waals surface area contributed by atoms with E-state index in [1.54, 1.807) is 16.7 Å². The van der Waals surface area contributed by atoms with Crippen molar-refractivity contribution in [3.05, 3.63) is 47.3 Å². The summed E-state index contributed by atoms with van der Waals surface area (Å²) in [7, 11) is 0. The van der Waals surface area contributed by atoms with E-state index in [-0.39, 0.29) is 22.8 Å². The lowest BCUT2D eigenvalue weighted by molar-refractivity contribution is -0.128. The van der Waals surface area contributed by atoms with Crippen molar-refractivity contribution in [2.24, 2.45) is 0 Å². The van der Waals surface area contributed by atoms with E-state index < -0.39 is 0 Å². The fourth-order valence-corrected chi connectivity index (χ4v) is 5.02. The fraction of sp³-hybridized carbons (Fsp3) is 0.478. The standard InChI is InChI=1S/C23H30N6O2S/c1-5-11-28-20(31)17-9-6-7-10-18(17)29-21(28)24-25-22(29)32-16-19(30)26-12-8-13-27(15-14-26)23(2,3)4/h5-7,9-10H,1,8,11-16H2,2-4H3. The molecule has 0 bridgehead atoms. The minimum atomic E-state index is -0.124. The van der Waals surface area contributed by atoms with Crippen molar-refractivity contribution in [3.63, 3.8) is 0 Å². The van der Waals surface area contributed by atoms with Crippen molar-refractivity contribution >= 4 is 34.3 Å². The van der Waals surface area contributed by atoms with E-state index in [0.29, 0.717) is 22.9 Å². The van der Waals surface area contributed by atoms with Gasteiger partial charge in [0, 0.05) is 38.3 Å². The number of nitrogens with zero attached hydrogens (tertiary/aromatic N) is 6. The van der Waals surface area contributed by atoms with Crippen LogP contribution in [-0.4, -0.2) is 72.3 Å². The second-order valence-electron chi connectivity index (χ2n) is 9.02. The molecule has 1 aromatic carbocycles. The van der Waals surface area contributed by atoms with Gasteiger partial charge in [0.15, 0.2) is 5.16 Å². The van der Waals surface area contributed by atoms with Crippen LogP contribution in [0.3, 0.4) is 0 Å². The van der Waals surface area contributed by atoms with Gasteiger partial charge in [-0.25, -0.2) is 0 Å². The van der Waals surface area contributed by atoms with Crippen molar-refractivity contribution in [2.75, 3.05) is 31.9 Å². The number of rotatable bonds is 5. The maximum Gasteiger partial charge on any atom is 0.263 e. The first kappa shape index (κ1) is 22.5. The summed E-state index contributed by atoms with van der Waals surface area (Å²) in [5.74, 6) is 0.843. The number of carbonyl (C=O) groups is 1. The highest BCUT2D eigenvalue weighted by Crippen LogP contribution is 2.23. The van der Waals surface area contributed by atoms with E-state index in [1.165, 1.54) is 11.8 Å². The van der Waals surface area contributed by atoms with Gasteiger partial charge < -0.3 is 4.90 Å². The van der Waals surface area contributed by atoms with E-state index in [1.807, 2.05) is 27.5 Å². The van der Waals surface area contributed by atoms with Gasteiger partial charge in [-0.2, -0.15) is 0 Å². The van der Waals surface area contributed by atoms with Crippen molar-refractivity contribution in [1.82, 2.24) is 29.0 Å². The molecule has 0 spiro atoms. The number of para-hydroxylation sites is 1. The molecule has 4 rings (SSSR count). The molecule has 0 N–H and O–H groups in total. The van der Waals surface area contributed by atoms with Crippen LogP contribution in [-0.2, 0) is 11.3 Å². The molecule has 0 atom stereocenters. The Morgan fingerprint density at radius 1 is 1.16 bits per heavy atom. The molecule has 1 amide bonds. The summed E-state index contributed by atoms with van der Waals surface area (Å²) in [6, 6.07) is 7.41. The van der Waals surface area contributed by atoms with Crippen LogP contribution < -0.4 is 5.56 Å². The molecule has 0 aliphatic carbocycles. The molecule has 1 fully saturated rings. The van der Waals surface area contributed by atoms with Gasteiger partial charge in [0.1, 0.15) is 0 Å². The molecule has 1 aliphatic heterocycles. The third kappa shape index (κ3) is 4.31. The summed E-state index contributed by atoms with van der Waals surface area (Å²) in [5.41, 5.74) is 0.723. The molecule has 3 heterocycles. The minimum absolute atomic E-state index is 0.103. The summed E-state index contributed by atoms with van der Waals surface area (Å²) >= 11 is 1.36. The molecule has 32 heavy (non-hydrogen) atoms. The van der Waals surface area contributed by atoms with Crippen LogP contribution in [0.25, 0.3) is 16.7 Å². The SMILES string of the molecule is C=CCn1c(=O)c2ccccc2n2c(SCC(=O)N3CCCN(C(C)(C)C)CC3)nnc12. The Morgan fingerprint density at radius 3 is 2.69 bits per heavy atom. The molecule has 0 radical (unpaired) electrons. The van der Waals surface area contributed by atoms with Crippen LogP contribution in [0.5, 0.6) is 0 Å². The van der Waals surface area contributed by atoms with Crippen LogP contribution in [0.15, 0.2) is 46.9 Å².